The van der Waals surface area contributed by atoms with Crippen LogP contribution in [0, 0.1) is 11.7 Å². The first kappa shape index (κ1) is 15.4. The van der Waals surface area contributed by atoms with E-state index in [1.54, 1.807) is 12.1 Å². The molecule has 1 aromatic carbocycles. The average Bonchev–Trinajstić information content (AvgIpc) is 2.33. The van der Waals surface area contributed by atoms with Crippen LogP contribution in [0.2, 0.25) is 5.02 Å². The van der Waals surface area contributed by atoms with E-state index < -0.39 is 17.8 Å². The van der Waals surface area contributed by atoms with E-state index in [4.69, 9.17) is 17.3 Å². The zero-order valence-electron chi connectivity index (χ0n) is 10.9. The van der Waals surface area contributed by atoms with E-state index in [9.17, 15) is 9.50 Å². The second kappa shape index (κ2) is 7.07. The number of rotatable bonds is 6. The van der Waals surface area contributed by atoms with Crippen molar-refractivity contribution < 1.29 is 9.50 Å². The summed E-state index contributed by atoms with van der Waals surface area (Å²) in [6, 6.07) is 4.53. The Hall–Kier alpha value is -0.640. The quantitative estimate of drug-likeness (QED) is 0.835. The molecule has 3 N–H and O–H groups in total. The minimum atomic E-state index is -0.677. The van der Waals surface area contributed by atoms with E-state index in [1.165, 1.54) is 6.07 Å². The lowest BCUT2D eigenvalue weighted by Crippen LogP contribution is -2.32. The Morgan fingerprint density at radius 1 is 1.44 bits per heavy atom. The Kier molecular flexibility index (Phi) is 6.06. The molecule has 18 heavy (non-hydrogen) atoms. The fraction of sp³-hybridized carbons (Fsp3) is 0.571. The van der Waals surface area contributed by atoms with Gasteiger partial charge in [-0.15, -0.1) is 0 Å². The highest BCUT2D eigenvalue weighted by molar-refractivity contribution is 6.31. The summed E-state index contributed by atoms with van der Waals surface area (Å²) >= 11 is 6.02. The molecule has 1 aromatic rings. The van der Waals surface area contributed by atoms with E-state index in [2.05, 4.69) is 6.92 Å². The lowest BCUT2D eigenvalue weighted by molar-refractivity contribution is 0.0847. The molecule has 3 atom stereocenters. The third-order valence-corrected chi connectivity index (χ3v) is 3.69. The lowest BCUT2D eigenvalue weighted by Gasteiger charge is -2.28. The van der Waals surface area contributed by atoms with Crippen LogP contribution in [0.5, 0.6) is 0 Å². The highest BCUT2D eigenvalue weighted by atomic mass is 35.5. The largest absolute Gasteiger partial charge is 0.392 e. The van der Waals surface area contributed by atoms with Gasteiger partial charge in [0.15, 0.2) is 0 Å². The van der Waals surface area contributed by atoms with Gasteiger partial charge < -0.3 is 10.8 Å². The minimum absolute atomic E-state index is 0.0687. The highest BCUT2D eigenvalue weighted by Crippen LogP contribution is 2.32. The molecule has 0 spiro atoms. The first-order chi connectivity index (χ1) is 8.52. The van der Waals surface area contributed by atoms with Crippen LogP contribution in [-0.4, -0.2) is 17.8 Å². The van der Waals surface area contributed by atoms with Gasteiger partial charge in [-0.3, -0.25) is 0 Å². The van der Waals surface area contributed by atoms with Crippen LogP contribution in [0.15, 0.2) is 18.2 Å². The van der Waals surface area contributed by atoms with Crippen LogP contribution >= 0.6 is 11.6 Å². The molecule has 2 nitrogen and oxygen atoms in total. The van der Waals surface area contributed by atoms with Crippen LogP contribution in [0.4, 0.5) is 4.39 Å². The molecule has 1 rings (SSSR count). The Labute approximate surface area is 113 Å². The van der Waals surface area contributed by atoms with Gasteiger partial charge in [-0.25, -0.2) is 4.39 Å². The van der Waals surface area contributed by atoms with E-state index in [1.807, 2.05) is 6.92 Å². The van der Waals surface area contributed by atoms with Crippen molar-refractivity contribution in [1.82, 2.24) is 0 Å². The lowest BCUT2D eigenvalue weighted by atomic mass is 9.84. The van der Waals surface area contributed by atoms with Gasteiger partial charge in [0.05, 0.1) is 6.10 Å². The van der Waals surface area contributed by atoms with Gasteiger partial charge in [0.25, 0.3) is 0 Å². The summed E-state index contributed by atoms with van der Waals surface area (Å²) in [7, 11) is 0. The normalized spacial score (nSPS) is 16.3. The van der Waals surface area contributed by atoms with Crippen LogP contribution in [0.25, 0.3) is 0 Å². The maximum atomic E-state index is 13.8. The zero-order valence-corrected chi connectivity index (χ0v) is 11.6. The average molecular weight is 274 g/mol. The maximum Gasteiger partial charge on any atom is 0.128 e. The Morgan fingerprint density at radius 2 is 2.11 bits per heavy atom. The van der Waals surface area contributed by atoms with Gasteiger partial charge in [-0.05, 0) is 24.5 Å². The minimum Gasteiger partial charge on any atom is -0.392 e. The third-order valence-electron chi connectivity index (χ3n) is 3.36. The first-order valence-electron chi connectivity index (χ1n) is 6.34. The molecular formula is C14H21ClFNO. The van der Waals surface area contributed by atoms with Gasteiger partial charge in [-0.2, -0.15) is 0 Å². The van der Waals surface area contributed by atoms with Crippen molar-refractivity contribution in [3.63, 3.8) is 0 Å². The smallest absolute Gasteiger partial charge is 0.128 e. The molecule has 102 valence electrons. The summed E-state index contributed by atoms with van der Waals surface area (Å²) < 4.78 is 13.8. The van der Waals surface area contributed by atoms with E-state index in [0.29, 0.717) is 10.6 Å². The molecule has 0 amide bonds. The maximum absolute atomic E-state index is 13.8. The number of aliphatic hydroxyl groups excluding tert-OH is 1. The molecule has 0 aromatic heterocycles. The van der Waals surface area contributed by atoms with Crippen molar-refractivity contribution in [2.24, 2.45) is 11.7 Å². The molecule has 0 saturated heterocycles. The summed E-state index contributed by atoms with van der Waals surface area (Å²) in [5, 5.41) is 10.6. The zero-order chi connectivity index (χ0) is 13.7. The predicted molar refractivity (Wildman–Crippen MR) is 73.3 cm³/mol. The molecule has 0 aliphatic carbocycles. The molecule has 0 aliphatic rings. The molecule has 0 radical (unpaired) electrons. The molecule has 3 unspecified atom stereocenters. The molecule has 4 heteroatoms. The van der Waals surface area contributed by atoms with Crippen LogP contribution in [0.3, 0.4) is 0 Å². The summed E-state index contributed by atoms with van der Waals surface area (Å²) in [6.07, 6.45) is 1.17. The van der Waals surface area contributed by atoms with Crippen LogP contribution < -0.4 is 5.73 Å². The molecule has 0 aliphatic heterocycles. The monoisotopic (exact) mass is 273 g/mol. The van der Waals surface area contributed by atoms with Crippen LogP contribution in [-0.2, 0) is 0 Å². The van der Waals surface area contributed by atoms with Gasteiger partial charge in [0.1, 0.15) is 5.82 Å². The Balaban J connectivity index is 3.02. The molecular weight excluding hydrogens is 253 g/mol. The SMILES string of the molecule is CCCC(C)C(O)C(CN)c1c(F)cccc1Cl. The van der Waals surface area contributed by atoms with Gasteiger partial charge in [0, 0.05) is 23.0 Å². The van der Waals surface area contributed by atoms with Crippen molar-refractivity contribution in [1.29, 1.82) is 0 Å². The number of hydrogen-bond donors (Lipinski definition) is 2. The number of halogens is 2. The van der Waals surface area contributed by atoms with E-state index in [0.717, 1.165) is 12.8 Å². The molecule has 0 saturated carbocycles. The standard InChI is InChI=1S/C14H21ClFNO/c1-3-5-9(2)14(18)10(8-17)13-11(15)6-4-7-12(13)16/h4,6-7,9-10,14,18H,3,5,8,17H2,1-2H3. The summed E-state index contributed by atoms with van der Waals surface area (Å²) in [6.45, 7) is 4.18. The molecule has 0 bridgehead atoms. The van der Waals surface area contributed by atoms with Crippen molar-refractivity contribution in [3.05, 3.63) is 34.6 Å². The predicted octanol–water partition coefficient (Wildman–Crippen LogP) is 3.32. The molecule has 0 heterocycles. The third kappa shape index (κ3) is 3.44. The Bertz CT molecular complexity index is 366. The number of hydrogen-bond acceptors (Lipinski definition) is 2. The van der Waals surface area contributed by atoms with Crippen molar-refractivity contribution in [2.75, 3.05) is 6.54 Å². The molecule has 0 fully saturated rings. The fourth-order valence-electron chi connectivity index (χ4n) is 2.32. The number of aliphatic hydroxyl groups is 1. The Morgan fingerprint density at radius 3 is 2.61 bits per heavy atom. The van der Waals surface area contributed by atoms with Gasteiger partial charge in [-0.1, -0.05) is 37.9 Å². The topological polar surface area (TPSA) is 46.2 Å². The second-order valence-electron chi connectivity index (χ2n) is 4.73. The van der Waals surface area contributed by atoms with E-state index in [-0.39, 0.29) is 12.5 Å². The fourth-order valence-corrected chi connectivity index (χ4v) is 2.62. The summed E-state index contributed by atoms with van der Waals surface area (Å²) in [5.41, 5.74) is 6.02. The van der Waals surface area contributed by atoms with Crippen LogP contribution in [0.1, 0.15) is 38.2 Å². The van der Waals surface area contributed by atoms with Crippen molar-refractivity contribution in [2.45, 2.75) is 38.7 Å². The van der Waals surface area contributed by atoms with Crippen molar-refractivity contribution in [3.8, 4) is 0 Å². The number of nitrogens with two attached hydrogens (primary N) is 1. The summed E-state index contributed by atoms with van der Waals surface area (Å²) in [5.74, 6) is -0.792. The first-order valence-corrected chi connectivity index (χ1v) is 6.72. The van der Waals surface area contributed by atoms with Crippen molar-refractivity contribution >= 4 is 11.6 Å². The van der Waals surface area contributed by atoms with Gasteiger partial charge in [0.2, 0.25) is 0 Å². The summed E-state index contributed by atoms with van der Waals surface area (Å²) in [4.78, 5) is 0. The van der Waals surface area contributed by atoms with Gasteiger partial charge >= 0.3 is 0 Å². The second-order valence-corrected chi connectivity index (χ2v) is 5.14. The number of benzene rings is 1. The highest BCUT2D eigenvalue weighted by Gasteiger charge is 2.28. The van der Waals surface area contributed by atoms with E-state index >= 15 is 0 Å².